The van der Waals surface area contributed by atoms with Crippen LogP contribution in [0.4, 0.5) is 11.4 Å². The zero-order valence-corrected chi connectivity index (χ0v) is 7.67. The maximum Gasteiger partial charge on any atom is 0.112 e. The van der Waals surface area contributed by atoms with Crippen LogP contribution in [-0.2, 0) is 0 Å². The molecule has 13 heavy (non-hydrogen) atoms. The predicted octanol–water partition coefficient (Wildman–Crippen LogP) is 2.63. The molecule has 0 saturated heterocycles. The van der Waals surface area contributed by atoms with Crippen LogP contribution in [-0.4, -0.2) is 5.66 Å². The van der Waals surface area contributed by atoms with Crippen LogP contribution in [0.3, 0.4) is 0 Å². The maximum absolute atomic E-state index is 3.70. The van der Waals surface area contributed by atoms with Gasteiger partial charge in [-0.25, -0.2) is 0 Å². The third-order valence-corrected chi connectivity index (χ3v) is 2.17. The molecule has 2 nitrogen and oxygen atoms in total. The van der Waals surface area contributed by atoms with Gasteiger partial charge in [0, 0.05) is 6.42 Å². The Morgan fingerprint density at radius 1 is 1.23 bits per heavy atom. The lowest BCUT2D eigenvalue weighted by molar-refractivity contribution is 0.719. The summed E-state index contributed by atoms with van der Waals surface area (Å²) in [7, 11) is 0. The lowest BCUT2D eigenvalue weighted by Crippen LogP contribution is -2.37. The van der Waals surface area contributed by atoms with Gasteiger partial charge in [-0.1, -0.05) is 18.2 Å². The van der Waals surface area contributed by atoms with E-state index in [0.717, 1.165) is 11.4 Å². The van der Waals surface area contributed by atoms with Crippen molar-refractivity contribution in [1.29, 1.82) is 0 Å². The van der Waals surface area contributed by atoms with Gasteiger partial charge in [0.2, 0.25) is 0 Å². The van der Waals surface area contributed by atoms with Crippen molar-refractivity contribution in [2.24, 2.45) is 0 Å². The van der Waals surface area contributed by atoms with Gasteiger partial charge in [-0.3, -0.25) is 0 Å². The van der Waals surface area contributed by atoms with E-state index in [4.69, 9.17) is 0 Å². The first-order valence-corrected chi connectivity index (χ1v) is 4.36. The van der Waals surface area contributed by atoms with Crippen molar-refractivity contribution in [3.63, 3.8) is 0 Å². The van der Waals surface area contributed by atoms with Gasteiger partial charge in [-0.05, 0) is 19.1 Å². The second-order valence-electron chi connectivity index (χ2n) is 3.40. The van der Waals surface area contributed by atoms with E-state index < -0.39 is 0 Å². The number of hydrogen-bond acceptors (Lipinski definition) is 2. The highest BCUT2D eigenvalue weighted by atomic mass is 15.2. The van der Waals surface area contributed by atoms with Gasteiger partial charge in [0.15, 0.2) is 0 Å². The van der Waals surface area contributed by atoms with E-state index >= 15 is 0 Å². The maximum atomic E-state index is 3.70. The number of fused-ring (bicyclic) bond motifs is 1. The molecule has 0 fully saturated rings. The average Bonchev–Trinajstić information content (AvgIpc) is 2.40. The number of para-hydroxylation sites is 2. The van der Waals surface area contributed by atoms with Gasteiger partial charge in [0.25, 0.3) is 0 Å². The fraction of sp³-hybridized carbons (Fsp3) is 0.182. The van der Waals surface area contributed by atoms with E-state index in [9.17, 15) is 0 Å². The number of rotatable bonds is 2. The highest BCUT2D eigenvalue weighted by Gasteiger charge is 2.29. The molecule has 1 aliphatic rings. The molecule has 2 rings (SSSR count). The van der Waals surface area contributed by atoms with Gasteiger partial charge >= 0.3 is 0 Å². The molecule has 0 saturated carbocycles. The van der Waals surface area contributed by atoms with Gasteiger partial charge in [-0.2, -0.15) is 0 Å². The highest BCUT2D eigenvalue weighted by Crippen LogP contribution is 2.34. The molecule has 67 valence electrons. The minimum absolute atomic E-state index is 0.189. The Hall–Kier alpha value is -1.44. The Bertz CT molecular complexity index is 306. The number of benzene rings is 1. The molecule has 0 spiro atoms. The number of hydrogen-bond donors (Lipinski definition) is 2. The molecule has 0 aromatic heterocycles. The Balaban J connectivity index is 2.26. The monoisotopic (exact) mass is 173 g/mol. The van der Waals surface area contributed by atoms with Crippen molar-refractivity contribution in [3.8, 4) is 0 Å². The molecule has 0 atom stereocenters. The molecule has 1 aromatic carbocycles. The van der Waals surface area contributed by atoms with Crippen LogP contribution in [0.5, 0.6) is 0 Å². The molecule has 0 amide bonds. The van der Waals surface area contributed by atoms with E-state index in [2.05, 4.69) is 36.3 Å². The minimum atomic E-state index is -0.189. The van der Waals surface area contributed by atoms with Crippen molar-refractivity contribution >= 4 is 11.4 Å². The van der Waals surface area contributed by atoms with E-state index in [1.165, 1.54) is 0 Å². The lowest BCUT2D eigenvalue weighted by Gasteiger charge is -2.23. The molecule has 1 radical (unpaired) electrons. The summed E-state index contributed by atoms with van der Waals surface area (Å²) in [5.41, 5.74) is 2.09. The van der Waals surface area contributed by atoms with Crippen LogP contribution < -0.4 is 10.6 Å². The summed E-state index contributed by atoms with van der Waals surface area (Å²) in [5, 5.41) is 6.75. The first kappa shape index (κ1) is 8.17. The van der Waals surface area contributed by atoms with Crippen LogP contribution in [0.1, 0.15) is 6.92 Å². The van der Waals surface area contributed by atoms with Gasteiger partial charge in [-0.15, -0.1) is 6.58 Å². The Labute approximate surface area is 78.7 Å². The van der Waals surface area contributed by atoms with Crippen molar-refractivity contribution in [2.45, 2.75) is 12.6 Å². The van der Waals surface area contributed by atoms with Crippen molar-refractivity contribution < 1.29 is 0 Å². The van der Waals surface area contributed by atoms with Gasteiger partial charge < -0.3 is 10.6 Å². The number of nitrogens with one attached hydrogen (secondary N) is 2. The molecule has 2 N–H and O–H groups in total. The molecule has 1 heterocycles. The van der Waals surface area contributed by atoms with E-state index in [0.29, 0.717) is 0 Å². The van der Waals surface area contributed by atoms with Crippen LogP contribution in [0.2, 0.25) is 0 Å². The summed E-state index contributed by atoms with van der Waals surface area (Å²) in [4.78, 5) is 0. The first-order chi connectivity index (χ1) is 6.23. The fourth-order valence-electron chi connectivity index (χ4n) is 1.61. The Morgan fingerprint density at radius 3 is 2.23 bits per heavy atom. The summed E-state index contributed by atoms with van der Waals surface area (Å²) in [5.74, 6) is 0. The third kappa shape index (κ3) is 1.39. The molecule has 0 aliphatic carbocycles. The van der Waals surface area contributed by atoms with Crippen LogP contribution >= 0.6 is 0 Å². The smallest absolute Gasteiger partial charge is 0.112 e. The summed E-state index contributed by atoms with van der Waals surface area (Å²) in [6, 6.07) is 8.16. The van der Waals surface area contributed by atoms with E-state index in [1.54, 1.807) is 6.08 Å². The van der Waals surface area contributed by atoms with Crippen LogP contribution in [0, 0.1) is 6.42 Å². The summed E-state index contributed by atoms with van der Waals surface area (Å²) in [6.07, 6.45) is 3.80. The normalized spacial score (nSPS) is 17.0. The van der Waals surface area contributed by atoms with Gasteiger partial charge in [0.1, 0.15) is 5.66 Å². The Kier molecular flexibility index (Phi) is 1.76. The molecule has 0 bridgehead atoms. The SMILES string of the molecule is C=C[CH]C1(C)Nc2ccccc2N1. The zero-order valence-electron chi connectivity index (χ0n) is 7.67. The standard InChI is InChI=1S/C11H13N2/c1-3-8-11(2)12-9-6-4-5-7-10(9)13-11/h3-8,12-13H,1H2,2H3. The highest BCUT2D eigenvalue weighted by molar-refractivity contribution is 5.76. The largest absolute Gasteiger partial charge is 0.361 e. The molecule has 0 unspecified atom stereocenters. The second-order valence-corrected chi connectivity index (χ2v) is 3.40. The second kappa shape index (κ2) is 2.80. The van der Waals surface area contributed by atoms with Crippen molar-refractivity contribution in [2.75, 3.05) is 10.6 Å². The summed E-state index contributed by atoms with van der Waals surface area (Å²) < 4.78 is 0. The van der Waals surface area contributed by atoms with Crippen molar-refractivity contribution in [1.82, 2.24) is 0 Å². The summed E-state index contributed by atoms with van der Waals surface area (Å²) >= 11 is 0. The van der Waals surface area contributed by atoms with Crippen LogP contribution in [0.25, 0.3) is 0 Å². The van der Waals surface area contributed by atoms with Crippen molar-refractivity contribution in [3.05, 3.63) is 43.3 Å². The molecular formula is C11H13N2. The van der Waals surface area contributed by atoms with E-state index in [-0.39, 0.29) is 5.66 Å². The topological polar surface area (TPSA) is 24.1 Å². The lowest BCUT2D eigenvalue weighted by atomic mass is 10.1. The van der Waals surface area contributed by atoms with Crippen LogP contribution in [0.15, 0.2) is 36.9 Å². The zero-order chi connectivity index (χ0) is 9.31. The van der Waals surface area contributed by atoms with E-state index in [1.807, 2.05) is 18.6 Å². The third-order valence-electron chi connectivity index (χ3n) is 2.17. The van der Waals surface area contributed by atoms with Gasteiger partial charge in [0.05, 0.1) is 11.4 Å². The molecule has 1 aromatic rings. The molecule has 2 heteroatoms. The first-order valence-electron chi connectivity index (χ1n) is 4.36. The summed E-state index contributed by atoms with van der Waals surface area (Å²) in [6.45, 7) is 5.77. The predicted molar refractivity (Wildman–Crippen MR) is 56.6 cm³/mol. The minimum Gasteiger partial charge on any atom is -0.361 e. The quantitative estimate of drug-likeness (QED) is 0.718. The Morgan fingerprint density at radius 2 is 1.77 bits per heavy atom. The average molecular weight is 173 g/mol. The number of anilines is 2. The molecule has 1 aliphatic heterocycles. The fourth-order valence-corrected chi connectivity index (χ4v) is 1.61. The molecular weight excluding hydrogens is 160 g/mol.